The molecule has 0 aliphatic rings. The third-order valence-corrected chi connectivity index (χ3v) is 3.62. The van der Waals surface area contributed by atoms with Crippen LogP contribution in [0.25, 0.3) is 0 Å². The molecule has 2 atom stereocenters. The van der Waals surface area contributed by atoms with Gasteiger partial charge >= 0.3 is 6.18 Å². The highest BCUT2D eigenvalue weighted by atomic mass is 127. The Morgan fingerprint density at radius 3 is 2.08 bits per heavy atom. The molecule has 0 aliphatic heterocycles. The molecule has 0 aromatic carbocycles. The Morgan fingerprint density at radius 1 is 1.23 bits per heavy atom. The lowest BCUT2D eigenvalue weighted by atomic mass is 9.98. The quantitative estimate of drug-likeness (QED) is 0.515. The molecule has 0 saturated heterocycles. The second-order valence-electron chi connectivity index (χ2n) is 3.21. The summed E-state index contributed by atoms with van der Waals surface area (Å²) in [5.74, 6) is -1.13. The first-order valence-corrected chi connectivity index (χ1v) is 5.88. The van der Waals surface area contributed by atoms with Crippen molar-refractivity contribution < 1.29 is 13.2 Å². The Bertz CT molecular complexity index is 133. The average molecular weight is 308 g/mol. The summed E-state index contributed by atoms with van der Waals surface area (Å²) in [4.78, 5) is 0. The number of hydrogen-bond acceptors (Lipinski definition) is 0. The predicted octanol–water partition coefficient (Wildman–Crippen LogP) is 4.57. The molecule has 13 heavy (non-hydrogen) atoms. The summed E-state index contributed by atoms with van der Waals surface area (Å²) >= 11 is 1.93. The van der Waals surface area contributed by atoms with E-state index in [9.17, 15) is 13.2 Å². The molecule has 0 nitrogen and oxygen atoms in total. The normalized spacial score (nSPS) is 17.1. The second-order valence-corrected chi connectivity index (χ2v) is 4.81. The maximum absolute atomic E-state index is 12.4. The van der Waals surface area contributed by atoms with E-state index in [-0.39, 0.29) is 10.3 Å². The highest BCUT2D eigenvalue weighted by Gasteiger charge is 2.41. The summed E-state index contributed by atoms with van der Waals surface area (Å²) in [7, 11) is 0. The van der Waals surface area contributed by atoms with Crippen LogP contribution in [0.4, 0.5) is 13.2 Å². The van der Waals surface area contributed by atoms with Crippen molar-refractivity contribution in [3.63, 3.8) is 0 Å². The van der Waals surface area contributed by atoms with Crippen LogP contribution < -0.4 is 0 Å². The molecule has 0 aromatic rings. The summed E-state index contributed by atoms with van der Waals surface area (Å²) in [5.41, 5.74) is 0. The first-order valence-electron chi connectivity index (χ1n) is 4.64. The van der Waals surface area contributed by atoms with Crippen molar-refractivity contribution in [3.8, 4) is 0 Å². The molecule has 0 rings (SSSR count). The summed E-state index contributed by atoms with van der Waals surface area (Å²) in [5, 5.41) is 0. The Hall–Kier alpha value is 0.520. The van der Waals surface area contributed by atoms with Crippen LogP contribution in [0.15, 0.2) is 0 Å². The van der Waals surface area contributed by atoms with Crippen LogP contribution in [0.5, 0.6) is 0 Å². The molecule has 2 unspecified atom stereocenters. The van der Waals surface area contributed by atoms with Crippen LogP contribution in [0.3, 0.4) is 0 Å². The zero-order valence-corrected chi connectivity index (χ0v) is 10.2. The minimum Gasteiger partial charge on any atom is -0.171 e. The van der Waals surface area contributed by atoms with E-state index < -0.39 is 12.1 Å². The average Bonchev–Trinajstić information content (AvgIpc) is 1.99. The predicted molar refractivity (Wildman–Crippen MR) is 57.2 cm³/mol. The Morgan fingerprint density at radius 2 is 1.77 bits per heavy atom. The topological polar surface area (TPSA) is 0 Å². The fourth-order valence-corrected chi connectivity index (χ4v) is 2.65. The van der Waals surface area contributed by atoms with Crippen molar-refractivity contribution in [2.24, 2.45) is 5.92 Å². The van der Waals surface area contributed by atoms with Gasteiger partial charge in [0, 0.05) is 3.92 Å². The molecule has 0 amide bonds. The summed E-state index contributed by atoms with van der Waals surface area (Å²) in [6.45, 7) is 3.60. The highest BCUT2D eigenvalue weighted by molar-refractivity contribution is 14.1. The van der Waals surface area contributed by atoms with Gasteiger partial charge in [-0.25, -0.2) is 0 Å². The van der Waals surface area contributed by atoms with Gasteiger partial charge in [0.2, 0.25) is 0 Å². The lowest BCUT2D eigenvalue weighted by Gasteiger charge is -2.23. The third kappa shape index (κ3) is 5.08. The molecule has 0 aromatic heterocycles. The SMILES string of the molecule is CCCCC(I)C(CC)C(F)(F)F. The third-order valence-electron chi connectivity index (χ3n) is 2.13. The molecular weight excluding hydrogens is 292 g/mol. The zero-order chi connectivity index (χ0) is 10.5. The van der Waals surface area contributed by atoms with Crippen molar-refractivity contribution in [1.29, 1.82) is 0 Å². The van der Waals surface area contributed by atoms with Gasteiger partial charge in [0.1, 0.15) is 0 Å². The van der Waals surface area contributed by atoms with Crippen molar-refractivity contribution in [1.82, 2.24) is 0 Å². The Labute approximate surface area is 91.4 Å². The van der Waals surface area contributed by atoms with Gasteiger partial charge in [-0.05, 0) is 12.8 Å². The Kier molecular flexibility index (Phi) is 6.33. The van der Waals surface area contributed by atoms with E-state index in [1.54, 1.807) is 6.92 Å². The van der Waals surface area contributed by atoms with E-state index in [1.165, 1.54) is 0 Å². The standard InChI is InChI=1S/C9H16F3I/c1-3-5-6-8(13)7(4-2)9(10,11)12/h7-8H,3-6H2,1-2H3. The maximum atomic E-state index is 12.4. The molecule has 0 radical (unpaired) electrons. The van der Waals surface area contributed by atoms with Gasteiger partial charge in [-0.1, -0.05) is 49.3 Å². The van der Waals surface area contributed by atoms with Gasteiger partial charge in [0.15, 0.2) is 0 Å². The minimum absolute atomic E-state index is 0.195. The number of rotatable bonds is 5. The fraction of sp³-hybridized carbons (Fsp3) is 1.00. The lowest BCUT2D eigenvalue weighted by Crippen LogP contribution is -2.30. The molecule has 0 heterocycles. The van der Waals surface area contributed by atoms with Crippen molar-refractivity contribution in [2.45, 2.75) is 49.6 Å². The van der Waals surface area contributed by atoms with Crippen molar-refractivity contribution >= 4 is 22.6 Å². The van der Waals surface area contributed by atoms with Crippen LogP contribution in [-0.4, -0.2) is 10.1 Å². The van der Waals surface area contributed by atoms with Gasteiger partial charge in [-0.2, -0.15) is 13.2 Å². The van der Waals surface area contributed by atoms with Crippen LogP contribution in [0, 0.1) is 5.92 Å². The Balaban J connectivity index is 4.07. The molecule has 80 valence electrons. The molecule has 0 spiro atoms. The molecule has 0 bridgehead atoms. The fourth-order valence-electron chi connectivity index (χ4n) is 1.29. The minimum atomic E-state index is -4.02. The number of hydrogen-bond donors (Lipinski definition) is 0. The number of unbranched alkanes of at least 4 members (excludes halogenated alkanes) is 1. The first-order chi connectivity index (χ1) is 5.93. The van der Waals surface area contributed by atoms with Crippen LogP contribution >= 0.6 is 22.6 Å². The van der Waals surface area contributed by atoms with Crippen molar-refractivity contribution in [2.75, 3.05) is 0 Å². The van der Waals surface area contributed by atoms with E-state index in [4.69, 9.17) is 0 Å². The van der Waals surface area contributed by atoms with Gasteiger partial charge in [-0.15, -0.1) is 0 Å². The van der Waals surface area contributed by atoms with Gasteiger partial charge in [0.25, 0.3) is 0 Å². The first kappa shape index (κ1) is 13.5. The van der Waals surface area contributed by atoms with E-state index >= 15 is 0 Å². The highest BCUT2D eigenvalue weighted by Crippen LogP contribution is 2.36. The van der Waals surface area contributed by atoms with Gasteiger partial charge in [0.05, 0.1) is 5.92 Å². The monoisotopic (exact) mass is 308 g/mol. The molecule has 0 aliphatic carbocycles. The second kappa shape index (κ2) is 6.09. The summed E-state index contributed by atoms with van der Waals surface area (Å²) < 4.78 is 36.9. The molecule has 0 fully saturated rings. The van der Waals surface area contributed by atoms with Crippen molar-refractivity contribution in [3.05, 3.63) is 0 Å². The maximum Gasteiger partial charge on any atom is 0.392 e. The van der Waals surface area contributed by atoms with Crippen LogP contribution in [0.1, 0.15) is 39.5 Å². The molecular formula is C9H16F3I. The molecule has 4 heteroatoms. The number of alkyl halides is 4. The van der Waals surface area contributed by atoms with E-state index in [1.807, 2.05) is 29.5 Å². The van der Waals surface area contributed by atoms with Gasteiger partial charge in [-0.3, -0.25) is 0 Å². The largest absolute Gasteiger partial charge is 0.392 e. The van der Waals surface area contributed by atoms with Gasteiger partial charge < -0.3 is 0 Å². The van der Waals surface area contributed by atoms with E-state index in [0.717, 1.165) is 12.8 Å². The van der Waals surface area contributed by atoms with Crippen LogP contribution in [0.2, 0.25) is 0 Å². The van der Waals surface area contributed by atoms with E-state index in [2.05, 4.69) is 0 Å². The lowest BCUT2D eigenvalue weighted by molar-refractivity contribution is -0.174. The summed E-state index contributed by atoms with van der Waals surface area (Å²) in [6.07, 6.45) is -1.29. The van der Waals surface area contributed by atoms with E-state index in [0.29, 0.717) is 6.42 Å². The number of halogens is 4. The molecule has 0 saturated carbocycles. The zero-order valence-electron chi connectivity index (χ0n) is 7.99. The summed E-state index contributed by atoms with van der Waals surface area (Å²) in [6, 6.07) is 0. The van der Waals surface area contributed by atoms with Crippen LogP contribution in [-0.2, 0) is 0 Å². The molecule has 0 N–H and O–H groups in total. The smallest absolute Gasteiger partial charge is 0.171 e.